The Morgan fingerprint density at radius 2 is 2.00 bits per heavy atom. The Kier molecular flexibility index (Phi) is 6.05. The lowest BCUT2D eigenvalue weighted by Crippen LogP contribution is -2.46. The zero-order valence-corrected chi connectivity index (χ0v) is 12.9. The number of likely N-dealkylation sites (N-methyl/N-ethyl adjacent to an activating group) is 1. The number of piperidine rings is 1. The zero-order chi connectivity index (χ0) is 15.2. The molecule has 1 aromatic carbocycles. The fraction of sp³-hybridized carbons (Fsp3) is 0.600. The monoisotopic (exact) mass is 292 g/mol. The molecular weight excluding hydrogens is 267 g/mol. The van der Waals surface area contributed by atoms with Gasteiger partial charge in [0.1, 0.15) is 12.4 Å². The molecule has 0 amide bonds. The standard InChI is InChI=1S/C15H25BN2O3/c1-17(2)14-4-3-9-18(12-14)10-11-21-15-7-5-13(6-8-15)16(19)20/h5-8,14,19-20H,3-4,9-12H2,1-2H3. The SMILES string of the molecule is CN(C)C1CCCN(CCOc2ccc(B(O)O)cc2)C1. The lowest BCUT2D eigenvalue weighted by Gasteiger charge is -2.36. The summed E-state index contributed by atoms with van der Waals surface area (Å²) in [5.41, 5.74) is 0.479. The molecule has 2 N–H and O–H groups in total. The summed E-state index contributed by atoms with van der Waals surface area (Å²) < 4.78 is 5.72. The van der Waals surface area contributed by atoms with Crippen molar-refractivity contribution >= 4 is 12.6 Å². The Morgan fingerprint density at radius 3 is 2.62 bits per heavy atom. The van der Waals surface area contributed by atoms with Crippen LogP contribution in [0.4, 0.5) is 0 Å². The predicted octanol–water partition coefficient (Wildman–Crippen LogP) is -0.229. The molecule has 0 aromatic heterocycles. The summed E-state index contributed by atoms with van der Waals surface area (Å²) >= 11 is 0. The van der Waals surface area contributed by atoms with Crippen LogP contribution >= 0.6 is 0 Å². The van der Waals surface area contributed by atoms with Crippen molar-refractivity contribution in [1.82, 2.24) is 9.80 Å². The molecule has 2 rings (SSSR count). The first-order valence-corrected chi connectivity index (χ1v) is 7.54. The van der Waals surface area contributed by atoms with Gasteiger partial charge < -0.3 is 19.7 Å². The van der Waals surface area contributed by atoms with Gasteiger partial charge in [0.15, 0.2) is 0 Å². The van der Waals surface area contributed by atoms with Crippen molar-refractivity contribution in [2.45, 2.75) is 18.9 Å². The van der Waals surface area contributed by atoms with Crippen LogP contribution in [0.3, 0.4) is 0 Å². The van der Waals surface area contributed by atoms with Gasteiger partial charge in [0.2, 0.25) is 0 Å². The Balaban J connectivity index is 1.73. The van der Waals surface area contributed by atoms with E-state index in [0.29, 0.717) is 18.1 Å². The first-order chi connectivity index (χ1) is 10.1. The van der Waals surface area contributed by atoms with Gasteiger partial charge in [-0.15, -0.1) is 0 Å². The highest BCUT2D eigenvalue weighted by Gasteiger charge is 2.20. The van der Waals surface area contributed by atoms with Crippen molar-refractivity contribution in [2.75, 3.05) is 40.3 Å². The third kappa shape index (κ3) is 5.00. The van der Waals surface area contributed by atoms with Crippen molar-refractivity contribution in [1.29, 1.82) is 0 Å². The number of likely N-dealkylation sites (tertiary alicyclic amines) is 1. The van der Waals surface area contributed by atoms with Crippen molar-refractivity contribution < 1.29 is 14.8 Å². The Hall–Kier alpha value is -1.08. The van der Waals surface area contributed by atoms with E-state index in [-0.39, 0.29) is 0 Å². The Labute approximate surface area is 127 Å². The second-order valence-electron chi connectivity index (χ2n) is 5.85. The van der Waals surface area contributed by atoms with Crippen LogP contribution in [0.25, 0.3) is 0 Å². The van der Waals surface area contributed by atoms with E-state index in [1.165, 1.54) is 12.8 Å². The molecule has 1 aliphatic heterocycles. The summed E-state index contributed by atoms with van der Waals surface area (Å²) in [6, 6.07) is 7.52. The Bertz CT molecular complexity index is 425. The van der Waals surface area contributed by atoms with E-state index in [1.807, 2.05) is 0 Å². The Morgan fingerprint density at radius 1 is 1.29 bits per heavy atom. The molecule has 1 unspecified atom stereocenters. The summed E-state index contributed by atoms with van der Waals surface area (Å²) in [5, 5.41) is 18.1. The van der Waals surface area contributed by atoms with Gasteiger partial charge in [0, 0.05) is 19.1 Å². The lowest BCUT2D eigenvalue weighted by atomic mass is 9.80. The summed E-state index contributed by atoms with van der Waals surface area (Å²) in [6.07, 6.45) is 2.52. The maximum atomic E-state index is 9.03. The van der Waals surface area contributed by atoms with Gasteiger partial charge in [-0.2, -0.15) is 0 Å². The van der Waals surface area contributed by atoms with Crippen LogP contribution < -0.4 is 10.2 Å². The summed E-state index contributed by atoms with van der Waals surface area (Å²) in [4.78, 5) is 4.74. The number of hydrogen-bond donors (Lipinski definition) is 2. The molecule has 0 aliphatic carbocycles. The van der Waals surface area contributed by atoms with E-state index in [9.17, 15) is 0 Å². The average molecular weight is 292 g/mol. The quantitative estimate of drug-likeness (QED) is 0.710. The third-order valence-electron chi connectivity index (χ3n) is 4.07. The predicted molar refractivity (Wildman–Crippen MR) is 84.9 cm³/mol. The topological polar surface area (TPSA) is 56.2 Å². The number of benzene rings is 1. The largest absolute Gasteiger partial charge is 0.492 e. The molecule has 0 radical (unpaired) electrons. The van der Waals surface area contributed by atoms with Gasteiger partial charge in [-0.1, -0.05) is 12.1 Å². The molecule has 1 atom stereocenters. The van der Waals surface area contributed by atoms with E-state index in [2.05, 4.69) is 23.9 Å². The van der Waals surface area contributed by atoms with Crippen molar-refractivity contribution in [3.8, 4) is 5.75 Å². The smallest absolute Gasteiger partial charge is 0.488 e. The number of nitrogens with zero attached hydrogens (tertiary/aromatic N) is 2. The van der Waals surface area contributed by atoms with E-state index < -0.39 is 7.12 Å². The molecule has 6 heteroatoms. The molecule has 1 aromatic rings. The van der Waals surface area contributed by atoms with Crippen molar-refractivity contribution in [3.63, 3.8) is 0 Å². The molecule has 1 heterocycles. The lowest BCUT2D eigenvalue weighted by molar-refractivity contribution is 0.117. The van der Waals surface area contributed by atoms with Crippen LogP contribution in [0.5, 0.6) is 5.75 Å². The van der Waals surface area contributed by atoms with Crippen LogP contribution in [-0.2, 0) is 0 Å². The molecule has 116 valence electrons. The maximum absolute atomic E-state index is 9.03. The van der Waals surface area contributed by atoms with Crippen LogP contribution in [0.1, 0.15) is 12.8 Å². The second kappa shape index (κ2) is 7.80. The van der Waals surface area contributed by atoms with Crippen molar-refractivity contribution in [2.24, 2.45) is 0 Å². The van der Waals surface area contributed by atoms with Crippen LogP contribution in [0.15, 0.2) is 24.3 Å². The molecule has 1 saturated heterocycles. The third-order valence-corrected chi connectivity index (χ3v) is 4.07. The first-order valence-electron chi connectivity index (χ1n) is 7.54. The molecule has 1 fully saturated rings. The van der Waals surface area contributed by atoms with Gasteiger partial charge in [0.25, 0.3) is 0 Å². The van der Waals surface area contributed by atoms with Gasteiger partial charge in [-0.05, 0) is 51.1 Å². The molecule has 0 spiro atoms. The molecule has 5 nitrogen and oxygen atoms in total. The molecule has 1 aliphatic rings. The highest BCUT2D eigenvalue weighted by Crippen LogP contribution is 2.14. The van der Waals surface area contributed by atoms with Crippen LogP contribution in [0, 0.1) is 0 Å². The fourth-order valence-corrected chi connectivity index (χ4v) is 2.68. The molecule has 0 saturated carbocycles. The van der Waals surface area contributed by atoms with Gasteiger partial charge in [0.05, 0.1) is 0 Å². The minimum Gasteiger partial charge on any atom is -0.492 e. The van der Waals surface area contributed by atoms with Crippen LogP contribution in [0.2, 0.25) is 0 Å². The minimum absolute atomic E-state index is 0.479. The van der Waals surface area contributed by atoms with Gasteiger partial charge in [-0.25, -0.2) is 0 Å². The van der Waals surface area contributed by atoms with E-state index in [0.717, 1.165) is 25.4 Å². The highest BCUT2D eigenvalue weighted by atomic mass is 16.5. The zero-order valence-electron chi connectivity index (χ0n) is 12.9. The molecule has 0 bridgehead atoms. The highest BCUT2D eigenvalue weighted by molar-refractivity contribution is 6.58. The van der Waals surface area contributed by atoms with Crippen molar-refractivity contribution in [3.05, 3.63) is 24.3 Å². The normalized spacial score (nSPS) is 19.8. The summed E-state index contributed by atoms with van der Waals surface area (Å²) in [6.45, 7) is 3.82. The summed E-state index contributed by atoms with van der Waals surface area (Å²) in [5.74, 6) is 0.764. The number of rotatable bonds is 6. The minimum atomic E-state index is -1.42. The molecular formula is C15H25BN2O3. The van der Waals surface area contributed by atoms with Gasteiger partial charge >= 0.3 is 7.12 Å². The number of hydrogen-bond acceptors (Lipinski definition) is 5. The van der Waals surface area contributed by atoms with Gasteiger partial charge in [-0.3, -0.25) is 4.90 Å². The van der Waals surface area contributed by atoms with E-state index in [4.69, 9.17) is 14.8 Å². The number of ether oxygens (including phenoxy) is 1. The molecule has 21 heavy (non-hydrogen) atoms. The van der Waals surface area contributed by atoms with Crippen LogP contribution in [-0.4, -0.2) is 73.3 Å². The fourth-order valence-electron chi connectivity index (χ4n) is 2.68. The average Bonchev–Trinajstić information content (AvgIpc) is 2.48. The maximum Gasteiger partial charge on any atom is 0.488 e. The van der Waals surface area contributed by atoms with E-state index in [1.54, 1.807) is 24.3 Å². The first kappa shape index (κ1) is 16.3. The summed E-state index contributed by atoms with van der Waals surface area (Å²) in [7, 11) is 2.86. The van der Waals surface area contributed by atoms with E-state index >= 15 is 0 Å². The second-order valence-corrected chi connectivity index (χ2v) is 5.85.